The summed E-state index contributed by atoms with van der Waals surface area (Å²) < 4.78 is 4.23. The molecule has 20 heavy (non-hydrogen) atoms. The molecular weight excluding hydrogens is 274 g/mol. The number of benzene rings is 1. The molecule has 0 aliphatic rings. The molecule has 106 valence electrons. The highest BCUT2D eigenvalue weighted by Gasteiger charge is 2.15. The van der Waals surface area contributed by atoms with Crippen LogP contribution in [0.4, 0.5) is 10.8 Å². The predicted octanol–water partition coefficient (Wildman–Crippen LogP) is 1.17. The molecule has 0 unspecified atom stereocenters. The third kappa shape index (κ3) is 3.45. The fraction of sp³-hybridized carbons (Fsp3) is 0.308. The van der Waals surface area contributed by atoms with E-state index in [9.17, 15) is 4.79 Å². The minimum absolute atomic E-state index is 0.0900. The molecule has 0 fully saturated rings. The third-order valence-corrected chi connectivity index (χ3v) is 3.62. The number of amides is 1. The van der Waals surface area contributed by atoms with Crippen molar-refractivity contribution < 1.29 is 4.79 Å². The van der Waals surface area contributed by atoms with Gasteiger partial charge in [0.05, 0.1) is 6.54 Å². The molecule has 1 heterocycles. The Hall–Kier alpha value is -2.15. The summed E-state index contributed by atoms with van der Waals surface area (Å²) in [6.45, 7) is 2.56. The fourth-order valence-electron chi connectivity index (χ4n) is 1.78. The van der Waals surface area contributed by atoms with Crippen molar-refractivity contribution in [2.75, 3.05) is 17.2 Å². The van der Waals surface area contributed by atoms with Crippen LogP contribution in [0.3, 0.4) is 0 Å². The van der Waals surface area contributed by atoms with Crippen LogP contribution in [0.1, 0.15) is 18.3 Å². The molecule has 0 atom stereocenters. The number of hydrogen-bond donors (Lipinski definition) is 2. The highest BCUT2D eigenvalue weighted by atomic mass is 32.1. The van der Waals surface area contributed by atoms with Crippen molar-refractivity contribution in [2.24, 2.45) is 5.73 Å². The maximum atomic E-state index is 11.2. The molecule has 6 nitrogen and oxygen atoms in total. The van der Waals surface area contributed by atoms with E-state index in [1.54, 1.807) is 4.90 Å². The van der Waals surface area contributed by atoms with Crippen LogP contribution in [0.5, 0.6) is 0 Å². The van der Waals surface area contributed by atoms with Crippen LogP contribution >= 0.6 is 11.5 Å². The standard InChI is InChI=1S/C13H17N5OS/c1-2-12-16-13(20-17-12)18(8-11(15)19)7-9-5-3-4-6-10(9)14/h3-6H,2,7-8,14H2,1H3,(H2,15,19). The van der Waals surface area contributed by atoms with Crippen molar-refractivity contribution in [3.63, 3.8) is 0 Å². The topological polar surface area (TPSA) is 98.1 Å². The average molecular weight is 291 g/mol. The van der Waals surface area contributed by atoms with Gasteiger partial charge in [0.25, 0.3) is 0 Å². The molecule has 0 radical (unpaired) electrons. The van der Waals surface area contributed by atoms with Crippen LogP contribution in [0.25, 0.3) is 0 Å². The summed E-state index contributed by atoms with van der Waals surface area (Å²) in [5.41, 5.74) is 12.9. The minimum atomic E-state index is -0.409. The second-order valence-electron chi connectivity index (χ2n) is 4.37. The molecule has 0 spiro atoms. The Morgan fingerprint density at radius 2 is 2.15 bits per heavy atom. The number of nitrogens with zero attached hydrogens (tertiary/aromatic N) is 3. The highest BCUT2D eigenvalue weighted by molar-refractivity contribution is 7.09. The second kappa shape index (κ2) is 6.33. The van der Waals surface area contributed by atoms with Crippen molar-refractivity contribution in [3.05, 3.63) is 35.7 Å². The lowest BCUT2D eigenvalue weighted by Gasteiger charge is -2.20. The molecule has 1 amide bonds. The molecule has 0 aliphatic carbocycles. The first-order chi connectivity index (χ1) is 9.60. The van der Waals surface area contributed by atoms with Gasteiger partial charge in [-0.25, -0.2) is 4.98 Å². The maximum absolute atomic E-state index is 11.2. The molecule has 2 rings (SSSR count). The van der Waals surface area contributed by atoms with Crippen molar-refractivity contribution in [3.8, 4) is 0 Å². The second-order valence-corrected chi connectivity index (χ2v) is 5.10. The SMILES string of the molecule is CCc1nsc(N(CC(N)=O)Cc2ccccc2N)n1. The predicted molar refractivity (Wildman–Crippen MR) is 80.4 cm³/mol. The number of aryl methyl sites for hydroxylation is 1. The van der Waals surface area contributed by atoms with Crippen LogP contribution in [0.15, 0.2) is 24.3 Å². The molecule has 7 heteroatoms. The summed E-state index contributed by atoms with van der Waals surface area (Å²) >= 11 is 1.27. The van der Waals surface area contributed by atoms with E-state index >= 15 is 0 Å². The molecular formula is C13H17N5OS. The van der Waals surface area contributed by atoms with E-state index in [0.717, 1.165) is 17.8 Å². The number of primary amides is 1. The number of carbonyl (C=O) groups is 1. The number of nitrogen functional groups attached to an aromatic ring is 1. The van der Waals surface area contributed by atoms with Gasteiger partial charge in [-0.1, -0.05) is 25.1 Å². The van der Waals surface area contributed by atoms with Gasteiger partial charge >= 0.3 is 0 Å². The van der Waals surface area contributed by atoms with Crippen LogP contribution in [-0.4, -0.2) is 21.8 Å². The smallest absolute Gasteiger partial charge is 0.237 e. The van der Waals surface area contributed by atoms with Gasteiger partial charge in [-0.3, -0.25) is 4.79 Å². The lowest BCUT2D eigenvalue weighted by Crippen LogP contribution is -2.33. The van der Waals surface area contributed by atoms with E-state index in [-0.39, 0.29) is 6.54 Å². The van der Waals surface area contributed by atoms with Gasteiger partial charge in [0.1, 0.15) is 5.82 Å². The van der Waals surface area contributed by atoms with E-state index in [4.69, 9.17) is 11.5 Å². The summed E-state index contributed by atoms with van der Waals surface area (Å²) in [4.78, 5) is 17.4. The van der Waals surface area contributed by atoms with E-state index in [1.807, 2.05) is 31.2 Å². The average Bonchev–Trinajstić information content (AvgIpc) is 2.89. The van der Waals surface area contributed by atoms with E-state index in [1.165, 1.54) is 11.5 Å². The zero-order valence-electron chi connectivity index (χ0n) is 11.2. The molecule has 1 aromatic carbocycles. The number of carbonyl (C=O) groups excluding carboxylic acids is 1. The van der Waals surface area contributed by atoms with Gasteiger partial charge in [-0.15, -0.1) is 0 Å². The largest absolute Gasteiger partial charge is 0.398 e. The highest BCUT2D eigenvalue weighted by Crippen LogP contribution is 2.22. The molecule has 4 N–H and O–H groups in total. The summed E-state index contributed by atoms with van der Waals surface area (Å²) in [7, 11) is 0. The van der Waals surface area contributed by atoms with Crippen molar-refractivity contribution in [2.45, 2.75) is 19.9 Å². The Kier molecular flexibility index (Phi) is 4.52. The Bertz CT molecular complexity index is 598. The summed E-state index contributed by atoms with van der Waals surface area (Å²) in [5, 5.41) is 0.684. The van der Waals surface area contributed by atoms with Crippen LogP contribution in [-0.2, 0) is 17.8 Å². The van der Waals surface area contributed by atoms with Crippen molar-refractivity contribution in [1.29, 1.82) is 0 Å². The Balaban J connectivity index is 2.23. The first kappa shape index (κ1) is 14.3. The van der Waals surface area contributed by atoms with Gasteiger partial charge in [0, 0.05) is 30.2 Å². The Labute approximate surface area is 121 Å². The molecule has 2 aromatic rings. The zero-order valence-corrected chi connectivity index (χ0v) is 12.1. The van der Waals surface area contributed by atoms with Gasteiger partial charge in [0.15, 0.2) is 0 Å². The molecule has 1 aromatic heterocycles. The number of anilines is 2. The first-order valence-corrected chi connectivity index (χ1v) is 7.06. The summed E-state index contributed by atoms with van der Waals surface area (Å²) in [6, 6.07) is 7.53. The van der Waals surface area contributed by atoms with E-state index in [0.29, 0.717) is 17.4 Å². The van der Waals surface area contributed by atoms with Gasteiger partial charge in [-0.2, -0.15) is 4.37 Å². The van der Waals surface area contributed by atoms with Gasteiger partial charge in [-0.05, 0) is 11.6 Å². The van der Waals surface area contributed by atoms with Gasteiger partial charge < -0.3 is 16.4 Å². The maximum Gasteiger partial charge on any atom is 0.237 e. The summed E-state index contributed by atoms with van der Waals surface area (Å²) in [6.07, 6.45) is 0.758. The quantitative estimate of drug-likeness (QED) is 0.779. The van der Waals surface area contributed by atoms with Crippen LogP contribution < -0.4 is 16.4 Å². The Morgan fingerprint density at radius 1 is 1.40 bits per heavy atom. The first-order valence-electron chi connectivity index (χ1n) is 6.29. The number of hydrogen-bond acceptors (Lipinski definition) is 6. The van der Waals surface area contributed by atoms with Gasteiger partial charge in [0.2, 0.25) is 11.0 Å². The number of rotatable bonds is 6. The fourth-order valence-corrected chi connectivity index (χ4v) is 2.53. The number of nitrogens with two attached hydrogens (primary N) is 2. The van der Waals surface area contributed by atoms with E-state index in [2.05, 4.69) is 9.36 Å². The molecule has 0 bridgehead atoms. The zero-order chi connectivity index (χ0) is 14.5. The monoisotopic (exact) mass is 291 g/mol. The normalized spacial score (nSPS) is 10.4. The third-order valence-electron chi connectivity index (χ3n) is 2.81. The minimum Gasteiger partial charge on any atom is -0.398 e. The van der Waals surface area contributed by atoms with Crippen molar-refractivity contribution >= 4 is 28.3 Å². The lowest BCUT2D eigenvalue weighted by atomic mass is 10.2. The number of aromatic nitrogens is 2. The van der Waals surface area contributed by atoms with Crippen LogP contribution in [0.2, 0.25) is 0 Å². The summed E-state index contributed by atoms with van der Waals surface area (Å²) in [5.74, 6) is 0.355. The molecule has 0 saturated heterocycles. The number of para-hydroxylation sites is 1. The van der Waals surface area contributed by atoms with E-state index < -0.39 is 5.91 Å². The lowest BCUT2D eigenvalue weighted by molar-refractivity contribution is -0.116. The molecule has 0 saturated carbocycles. The van der Waals surface area contributed by atoms with Crippen molar-refractivity contribution in [1.82, 2.24) is 9.36 Å². The van der Waals surface area contributed by atoms with Crippen LogP contribution in [0, 0.1) is 0 Å². The Morgan fingerprint density at radius 3 is 2.75 bits per heavy atom. The molecule has 0 aliphatic heterocycles.